The molecule has 1 unspecified atom stereocenters. The summed E-state index contributed by atoms with van der Waals surface area (Å²) in [6.45, 7) is 4.46. The molecule has 1 aromatic heterocycles. The molecular formula is C11H16BrN3O. The van der Waals surface area contributed by atoms with E-state index in [0.29, 0.717) is 22.6 Å². The molecule has 3 N–H and O–H groups in total. The van der Waals surface area contributed by atoms with Gasteiger partial charge in [-0.3, -0.25) is 4.79 Å². The van der Waals surface area contributed by atoms with Crippen LogP contribution in [0.15, 0.2) is 22.8 Å². The van der Waals surface area contributed by atoms with E-state index in [9.17, 15) is 4.79 Å². The van der Waals surface area contributed by atoms with Crippen molar-refractivity contribution in [3.05, 3.63) is 28.5 Å². The average molecular weight is 286 g/mol. The fourth-order valence-corrected chi connectivity index (χ4v) is 1.72. The highest BCUT2D eigenvalue weighted by Crippen LogP contribution is 2.13. The lowest BCUT2D eigenvalue weighted by atomic mass is 10.0. The van der Waals surface area contributed by atoms with Crippen molar-refractivity contribution in [2.45, 2.75) is 19.9 Å². The summed E-state index contributed by atoms with van der Waals surface area (Å²) in [5.41, 5.74) is 5.98. The van der Waals surface area contributed by atoms with Crippen molar-refractivity contribution in [3.8, 4) is 0 Å². The second-order valence-electron chi connectivity index (χ2n) is 3.89. The van der Waals surface area contributed by atoms with Crippen molar-refractivity contribution < 1.29 is 4.79 Å². The molecule has 16 heavy (non-hydrogen) atoms. The molecule has 88 valence electrons. The fraction of sp³-hybridized carbons (Fsp3) is 0.455. The van der Waals surface area contributed by atoms with Gasteiger partial charge in [-0.2, -0.15) is 0 Å². The number of carbonyl (C=O) groups is 1. The highest BCUT2D eigenvalue weighted by Gasteiger charge is 2.17. The Balaban J connectivity index is 2.76. The first kappa shape index (κ1) is 13.1. The summed E-state index contributed by atoms with van der Waals surface area (Å²) in [4.78, 5) is 15.9. The Morgan fingerprint density at radius 1 is 1.62 bits per heavy atom. The first-order chi connectivity index (χ1) is 7.56. The lowest BCUT2D eigenvalue weighted by Gasteiger charge is -2.20. The molecule has 0 spiro atoms. The summed E-state index contributed by atoms with van der Waals surface area (Å²) in [6, 6.07) is 3.53. The predicted octanol–water partition coefficient (Wildman–Crippen LogP) is 1.56. The number of nitrogens with two attached hydrogens (primary N) is 1. The summed E-state index contributed by atoms with van der Waals surface area (Å²) < 4.78 is 0.687. The van der Waals surface area contributed by atoms with E-state index in [1.54, 1.807) is 18.3 Å². The quantitative estimate of drug-likeness (QED) is 0.882. The molecule has 0 aliphatic rings. The Morgan fingerprint density at radius 3 is 2.81 bits per heavy atom. The monoisotopic (exact) mass is 285 g/mol. The maximum atomic E-state index is 11.9. The van der Waals surface area contributed by atoms with Crippen LogP contribution in [0.5, 0.6) is 0 Å². The zero-order valence-corrected chi connectivity index (χ0v) is 11.0. The molecule has 1 rings (SSSR count). The van der Waals surface area contributed by atoms with E-state index in [1.165, 1.54) is 0 Å². The van der Waals surface area contributed by atoms with Gasteiger partial charge >= 0.3 is 0 Å². The standard InChI is InChI=1S/C11H16BrN3O/c1-7(2)9(6-13)15-11(16)10-8(12)4-3-5-14-10/h3-5,7,9H,6,13H2,1-2H3,(H,15,16). The molecule has 0 aliphatic carbocycles. The second kappa shape index (κ2) is 5.96. The van der Waals surface area contributed by atoms with Crippen LogP contribution >= 0.6 is 15.9 Å². The Morgan fingerprint density at radius 2 is 2.31 bits per heavy atom. The van der Waals surface area contributed by atoms with E-state index >= 15 is 0 Å². The lowest BCUT2D eigenvalue weighted by molar-refractivity contribution is 0.0922. The molecule has 0 saturated carbocycles. The van der Waals surface area contributed by atoms with Crippen LogP contribution in [0.4, 0.5) is 0 Å². The summed E-state index contributed by atoms with van der Waals surface area (Å²) in [7, 11) is 0. The summed E-state index contributed by atoms with van der Waals surface area (Å²) >= 11 is 3.29. The van der Waals surface area contributed by atoms with Gasteiger partial charge in [-0.25, -0.2) is 4.98 Å². The third-order valence-electron chi connectivity index (χ3n) is 2.35. The number of hydrogen-bond donors (Lipinski definition) is 2. The number of amides is 1. The van der Waals surface area contributed by atoms with Crippen LogP contribution in [0.1, 0.15) is 24.3 Å². The van der Waals surface area contributed by atoms with Crippen molar-refractivity contribution in [3.63, 3.8) is 0 Å². The van der Waals surface area contributed by atoms with Crippen LogP contribution in [0.25, 0.3) is 0 Å². The molecule has 0 aliphatic heterocycles. The largest absolute Gasteiger partial charge is 0.346 e. The first-order valence-corrected chi connectivity index (χ1v) is 5.97. The van der Waals surface area contributed by atoms with E-state index in [4.69, 9.17) is 5.73 Å². The van der Waals surface area contributed by atoms with Gasteiger partial charge in [-0.05, 0) is 34.0 Å². The van der Waals surface area contributed by atoms with Crippen LogP contribution in [0.3, 0.4) is 0 Å². The van der Waals surface area contributed by atoms with Gasteiger partial charge in [0.2, 0.25) is 0 Å². The number of nitrogens with zero attached hydrogens (tertiary/aromatic N) is 1. The maximum absolute atomic E-state index is 11.9. The molecule has 0 saturated heterocycles. The van der Waals surface area contributed by atoms with Gasteiger partial charge in [-0.1, -0.05) is 13.8 Å². The third kappa shape index (κ3) is 3.28. The highest BCUT2D eigenvalue weighted by atomic mass is 79.9. The minimum Gasteiger partial charge on any atom is -0.346 e. The fourth-order valence-electron chi connectivity index (χ4n) is 1.29. The van der Waals surface area contributed by atoms with Crippen molar-refractivity contribution in [2.75, 3.05) is 6.54 Å². The first-order valence-electron chi connectivity index (χ1n) is 5.17. The van der Waals surface area contributed by atoms with Gasteiger partial charge in [0.05, 0.1) is 0 Å². The minimum atomic E-state index is -0.198. The predicted molar refractivity (Wildman–Crippen MR) is 67.1 cm³/mol. The molecule has 5 heteroatoms. The van der Waals surface area contributed by atoms with Gasteiger partial charge < -0.3 is 11.1 Å². The van der Waals surface area contributed by atoms with Crippen LogP contribution in [-0.2, 0) is 0 Å². The van der Waals surface area contributed by atoms with E-state index in [1.807, 2.05) is 13.8 Å². The molecule has 1 heterocycles. The number of hydrogen-bond acceptors (Lipinski definition) is 3. The van der Waals surface area contributed by atoms with Crippen LogP contribution in [0, 0.1) is 5.92 Å². The zero-order chi connectivity index (χ0) is 12.1. The number of pyridine rings is 1. The molecule has 0 radical (unpaired) electrons. The zero-order valence-electron chi connectivity index (χ0n) is 9.40. The smallest absolute Gasteiger partial charge is 0.271 e. The number of aromatic nitrogens is 1. The van der Waals surface area contributed by atoms with E-state index in [0.717, 1.165) is 0 Å². The van der Waals surface area contributed by atoms with Gasteiger partial charge in [0.15, 0.2) is 0 Å². The Kier molecular flexibility index (Phi) is 4.89. The van der Waals surface area contributed by atoms with Gasteiger partial charge in [-0.15, -0.1) is 0 Å². The van der Waals surface area contributed by atoms with Crippen molar-refractivity contribution in [1.29, 1.82) is 0 Å². The Labute approximate surface area is 104 Å². The van der Waals surface area contributed by atoms with Crippen LogP contribution in [0.2, 0.25) is 0 Å². The molecule has 0 aromatic carbocycles. The molecular weight excluding hydrogens is 270 g/mol. The second-order valence-corrected chi connectivity index (χ2v) is 4.75. The van der Waals surface area contributed by atoms with Crippen LogP contribution < -0.4 is 11.1 Å². The van der Waals surface area contributed by atoms with E-state index < -0.39 is 0 Å². The molecule has 0 fully saturated rings. The minimum absolute atomic E-state index is 0.0265. The van der Waals surface area contributed by atoms with Gasteiger partial charge in [0.1, 0.15) is 5.69 Å². The average Bonchev–Trinajstić information content (AvgIpc) is 2.25. The molecule has 1 atom stereocenters. The number of nitrogens with one attached hydrogen (secondary N) is 1. The Bertz CT molecular complexity index is 368. The summed E-state index contributed by atoms with van der Waals surface area (Å²) in [6.07, 6.45) is 1.59. The number of rotatable bonds is 4. The summed E-state index contributed by atoms with van der Waals surface area (Å²) in [5, 5.41) is 2.87. The number of carbonyl (C=O) groups excluding carboxylic acids is 1. The van der Waals surface area contributed by atoms with Crippen molar-refractivity contribution >= 4 is 21.8 Å². The molecule has 1 amide bonds. The molecule has 0 bridgehead atoms. The molecule has 1 aromatic rings. The number of halogens is 1. The molecule has 4 nitrogen and oxygen atoms in total. The van der Waals surface area contributed by atoms with Crippen molar-refractivity contribution in [2.24, 2.45) is 11.7 Å². The SMILES string of the molecule is CC(C)C(CN)NC(=O)c1ncccc1Br. The maximum Gasteiger partial charge on any atom is 0.271 e. The summed E-state index contributed by atoms with van der Waals surface area (Å²) in [5.74, 6) is 0.105. The topological polar surface area (TPSA) is 68.0 Å². The Hall–Kier alpha value is -0.940. The van der Waals surface area contributed by atoms with Gasteiger partial charge in [0.25, 0.3) is 5.91 Å². The lowest BCUT2D eigenvalue weighted by Crippen LogP contribution is -2.44. The van der Waals surface area contributed by atoms with Gasteiger partial charge in [0, 0.05) is 23.3 Å². The van der Waals surface area contributed by atoms with E-state index in [-0.39, 0.29) is 11.9 Å². The van der Waals surface area contributed by atoms with Crippen LogP contribution in [-0.4, -0.2) is 23.5 Å². The van der Waals surface area contributed by atoms with E-state index in [2.05, 4.69) is 26.2 Å². The third-order valence-corrected chi connectivity index (χ3v) is 2.99. The van der Waals surface area contributed by atoms with Crippen molar-refractivity contribution in [1.82, 2.24) is 10.3 Å². The highest BCUT2D eigenvalue weighted by molar-refractivity contribution is 9.10. The normalized spacial score (nSPS) is 12.6.